The minimum atomic E-state index is -4.65. The van der Waals surface area contributed by atoms with Crippen LogP contribution in [0.2, 0.25) is 5.02 Å². The largest absolute Gasteiger partial charge is 0.455 e. The molecule has 0 spiro atoms. The van der Waals surface area contributed by atoms with Crippen LogP contribution in [0.4, 0.5) is 18.9 Å². The smallest absolute Gasteiger partial charge is 0.399 e. The zero-order chi connectivity index (χ0) is 12.6. The summed E-state index contributed by atoms with van der Waals surface area (Å²) in [6, 6.07) is 4.22. The molecular formula is C9H5ClF3N3O. The quantitative estimate of drug-likeness (QED) is 0.803. The van der Waals surface area contributed by atoms with Gasteiger partial charge in [0.1, 0.15) is 0 Å². The second kappa shape index (κ2) is 3.92. The number of nitrogens with two attached hydrogens (primary N) is 1. The van der Waals surface area contributed by atoms with Crippen molar-refractivity contribution in [3.8, 4) is 11.5 Å². The summed E-state index contributed by atoms with van der Waals surface area (Å²) in [5.74, 6) is -1.63. The Morgan fingerprint density at radius 1 is 1.24 bits per heavy atom. The van der Waals surface area contributed by atoms with Gasteiger partial charge in [0, 0.05) is 16.3 Å². The van der Waals surface area contributed by atoms with E-state index >= 15 is 0 Å². The average molecular weight is 264 g/mol. The van der Waals surface area contributed by atoms with Crippen LogP contribution in [0.1, 0.15) is 5.82 Å². The lowest BCUT2D eigenvalue weighted by Crippen LogP contribution is -2.07. The molecule has 0 saturated carbocycles. The zero-order valence-corrected chi connectivity index (χ0v) is 8.88. The van der Waals surface area contributed by atoms with Crippen molar-refractivity contribution >= 4 is 17.3 Å². The first-order valence-corrected chi connectivity index (χ1v) is 4.71. The minimum absolute atomic E-state index is 0.234. The minimum Gasteiger partial charge on any atom is -0.399 e. The summed E-state index contributed by atoms with van der Waals surface area (Å²) < 4.78 is 41.2. The Morgan fingerprint density at radius 2 is 1.94 bits per heavy atom. The van der Waals surface area contributed by atoms with Crippen LogP contribution in [0.15, 0.2) is 22.7 Å². The average Bonchev–Trinajstić information content (AvgIpc) is 2.63. The molecule has 0 saturated heterocycles. The van der Waals surface area contributed by atoms with Crippen LogP contribution in [-0.2, 0) is 6.18 Å². The number of hydrogen-bond donors (Lipinski definition) is 1. The fraction of sp³-hybridized carbons (Fsp3) is 0.111. The van der Waals surface area contributed by atoms with Gasteiger partial charge >= 0.3 is 6.18 Å². The Morgan fingerprint density at radius 3 is 2.47 bits per heavy atom. The van der Waals surface area contributed by atoms with Crippen LogP contribution in [0.25, 0.3) is 11.5 Å². The number of nitrogen functional groups attached to an aromatic ring is 1. The number of rotatable bonds is 1. The number of benzene rings is 1. The van der Waals surface area contributed by atoms with Gasteiger partial charge in [0.15, 0.2) is 0 Å². The van der Waals surface area contributed by atoms with Gasteiger partial charge in [-0.25, -0.2) is 0 Å². The van der Waals surface area contributed by atoms with Crippen LogP contribution in [0.3, 0.4) is 0 Å². The number of anilines is 1. The van der Waals surface area contributed by atoms with Crippen molar-refractivity contribution in [1.82, 2.24) is 10.1 Å². The lowest BCUT2D eigenvalue weighted by Gasteiger charge is -1.98. The molecular weight excluding hydrogens is 259 g/mol. The highest BCUT2D eigenvalue weighted by Crippen LogP contribution is 2.30. The van der Waals surface area contributed by atoms with E-state index in [1.165, 1.54) is 18.2 Å². The van der Waals surface area contributed by atoms with Gasteiger partial charge in [-0.05, 0) is 18.2 Å². The van der Waals surface area contributed by atoms with Crippen molar-refractivity contribution in [3.05, 3.63) is 29.0 Å². The van der Waals surface area contributed by atoms with E-state index in [9.17, 15) is 13.2 Å². The predicted molar refractivity (Wildman–Crippen MR) is 54.2 cm³/mol. The van der Waals surface area contributed by atoms with Gasteiger partial charge in [-0.15, -0.1) is 0 Å². The van der Waals surface area contributed by atoms with Gasteiger partial charge < -0.3 is 10.3 Å². The molecule has 0 radical (unpaired) electrons. The maximum Gasteiger partial charge on any atom is 0.455 e. The third-order valence-corrected chi connectivity index (χ3v) is 2.06. The maximum atomic E-state index is 12.2. The van der Waals surface area contributed by atoms with E-state index in [1.807, 2.05) is 0 Å². The van der Waals surface area contributed by atoms with E-state index in [1.54, 1.807) is 0 Å². The van der Waals surface area contributed by atoms with Crippen LogP contribution < -0.4 is 5.73 Å². The molecule has 17 heavy (non-hydrogen) atoms. The predicted octanol–water partition coefficient (Wildman–Crippen LogP) is 2.99. The standard InChI is InChI=1S/C9H5ClF3N3O/c10-5-1-4(2-6(14)3-5)7-15-8(16-17-7)9(11,12)13/h1-3H,14H2. The highest BCUT2D eigenvalue weighted by atomic mass is 35.5. The summed E-state index contributed by atoms with van der Waals surface area (Å²) in [7, 11) is 0. The normalized spacial score (nSPS) is 11.8. The summed E-state index contributed by atoms with van der Waals surface area (Å²) in [4.78, 5) is 3.22. The topological polar surface area (TPSA) is 64.9 Å². The molecule has 0 amide bonds. The van der Waals surface area contributed by atoms with Crippen LogP contribution in [-0.4, -0.2) is 10.1 Å². The van der Waals surface area contributed by atoms with Gasteiger partial charge in [0.05, 0.1) is 0 Å². The molecule has 0 bridgehead atoms. The highest BCUT2D eigenvalue weighted by Gasteiger charge is 2.37. The third-order valence-electron chi connectivity index (χ3n) is 1.85. The first-order valence-electron chi connectivity index (χ1n) is 4.33. The molecule has 2 rings (SSSR count). The van der Waals surface area contributed by atoms with Gasteiger partial charge in [-0.3, -0.25) is 0 Å². The molecule has 0 aliphatic carbocycles. The number of alkyl halides is 3. The van der Waals surface area contributed by atoms with Crippen molar-refractivity contribution in [2.75, 3.05) is 5.73 Å². The molecule has 0 unspecified atom stereocenters. The fourth-order valence-corrected chi connectivity index (χ4v) is 1.44. The van der Waals surface area contributed by atoms with E-state index in [4.69, 9.17) is 17.3 Å². The van der Waals surface area contributed by atoms with Crippen LogP contribution in [0, 0.1) is 0 Å². The van der Waals surface area contributed by atoms with E-state index in [0.29, 0.717) is 5.69 Å². The van der Waals surface area contributed by atoms with E-state index in [-0.39, 0.29) is 16.5 Å². The lowest BCUT2D eigenvalue weighted by atomic mass is 10.2. The molecule has 1 aromatic carbocycles. The van der Waals surface area contributed by atoms with Crippen LogP contribution in [0.5, 0.6) is 0 Å². The van der Waals surface area contributed by atoms with Crippen LogP contribution >= 0.6 is 11.6 Å². The van der Waals surface area contributed by atoms with Crippen molar-refractivity contribution in [3.63, 3.8) is 0 Å². The molecule has 2 N–H and O–H groups in total. The maximum absolute atomic E-state index is 12.2. The van der Waals surface area contributed by atoms with Gasteiger partial charge in [-0.2, -0.15) is 18.2 Å². The third kappa shape index (κ3) is 2.50. The zero-order valence-electron chi connectivity index (χ0n) is 8.12. The molecule has 0 fully saturated rings. The molecule has 4 nitrogen and oxygen atoms in total. The molecule has 8 heteroatoms. The molecule has 90 valence electrons. The van der Waals surface area contributed by atoms with Gasteiger partial charge in [0.2, 0.25) is 0 Å². The van der Waals surface area contributed by atoms with E-state index < -0.39 is 12.0 Å². The molecule has 1 heterocycles. The summed E-state index contributed by atoms with van der Waals surface area (Å²) >= 11 is 5.70. The van der Waals surface area contributed by atoms with Crippen molar-refractivity contribution < 1.29 is 17.7 Å². The summed E-state index contributed by atoms with van der Waals surface area (Å²) in [5.41, 5.74) is 6.02. The summed E-state index contributed by atoms with van der Waals surface area (Å²) in [5, 5.41) is 3.10. The second-order valence-corrected chi connectivity index (χ2v) is 3.63. The molecule has 2 aromatic rings. The lowest BCUT2D eigenvalue weighted by molar-refractivity contribution is -0.146. The monoisotopic (exact) mass is 263 g/mol. The highest BCUT2D eigenvalue weighted by molar-refractivity contribution is 6.31. The second-order valence-electron chi connectivity index (χ2n) is 3.19. The molecule has 0 atom stereocenters. The first-order chi connectivity index (χ1) is 7.86. The molecule has 0 aliphatic heterocycles. The number of halogens is 4. The van der Waals surface area contributed by atoms with Gasteiger partial charge in [-0.1, -0.05) is 16.8 Å². The molecule has 0 aliphatic rings. The van der Waals surface area contributed by atoms with E-state index in [0.717, 1.165) is 0 Å². The SMILES string of the molecule is Nc1cc(Cl)cc(-c2nc(C(F)(F)F)no2)c1. The van der Waals surface area contributed by atoms with Gasteiger partial charge in [0.25, 0.3) is 11.7 Å². The summed E-state index contributed by atoms with van der Waals surface area (Å²) in [6.07, 6.45) is -4.65. The first kappa shape index (κ1) is 11.7. The number of aromatic nitrogens is 2. The Bertz CT molecular complexity index is 532. The Labute approximate surface area is 98.2 Å². The summed E-state index contributed by atoms with van der Waals surface area (Å²) in [6.45, 7) is 0. The Balaban J connectivity index is 2.44. The number of nitrogens with zero attached hydrogens (tertiary/aromatic N) is 2. The van der Waals surface area contributed by atoms with Crippen molar-refractivity contribution in [2.24, 2.45) is 0 Å². The van der Waals surface area contributed by atoms with Crippen molar-refractivity contribution in [1.29, 1.82) is 0 Å². The van der Waals surface area contributed by atoms with Crippen molar-refractivity contribution in [2.45, 2.75) is 6.18 Å². The molecule has 1 aromatic heterocycles. The fourth-order valence-electron chi connectivity index (χ4n) is 1.19. The number of hydrogen-bond acceptors (Lipinski definition) is 4. The van der Waals surface area contributed by atoms with E-state index in [2.05, 4.69) is 14.7 Å². The Hall–Kier alpha value is -1.76. The Kier molecular flexibility index (Phi) is 2.70.